The molecule has 0 unspecified atom stereocenters. The third-order valence-electron chi connectivity index (χ3n) is 4.84. The zero-order valence-electron chi connectivity index (χ0n) is 18.2. The zero-order chi connectivity index (χ0) is 24.1. The SMILES string of the molecule is Cc1nnc(SCc2c(C(=O)NCc3ccc(C(=O)NCC(N)=O)cc3)oc3ccccc23)s1. The number of carbonyl (C=O) groups excluding carboxylic acids is 3. The van der Waals surface area contributed by atoms with Crippen LogP contribution in [0, 0.1) is 6.92 Å². The minimum Gasteiger partial charge on any atom is -0.451 e. The van der Waals surface area contributed by atoms with E-state index in [1.165, 1.54) is 23.1 Å². The third-order valence-corrected chi connectivity index (χ3v) is 6.84. The summed E-state index contributed by atoms with van der Waals surface area (Å²) in [6.07, 6.45) is 0. The number of hydrogen-bond acceptors (Lipinski definition) is 8. The van der Waals surface area contributed by atoms with E-state index in [9.17, 15) is 14.4 Å². The van der Waals surface area contributed by atoms with Crippen LogP contribution in [-0.4, -0.2) is 34.5 Å². The number of para-hydroxylation sites is 1. The first kappa shape index (κ1) is 23.5. The fourth-order valence-electron chi connectivity index (χ4n) is 3.20. The number of hydrogen-bond donors (Lipinski definition) is 3. The lowest BCUT2D eigenvalue weighted by Gasteiger charge is -2.07. The van der Waals surface area contributed by atoms with Crippen LogP contribution in [0.15, 0.2) is 57.3 Å². The number of nitrogens with zero attached hydrogens (tertiary/aromatic N) is 2. The van der Waals surface area contributed by atoms with Crippen LogP contribution in [0.1, 0.15) is 37.0 Å². The van der Waals surface area contributed by atoms with Crippen LogP contribution in [0.2, 0.25) is 0 Å². The van der Waals surface area contributed by atoms with Gasteiger partial charge in [0.05, 0.1) is 6.54 Å². The molecule has 9 nitrogen and oxygen atoms in total. The van der Waals surface area contributed by atoms with E-state index in [0.717, 1.165) is 25.9 Å². The number of furan rings is 1. The summed E-state index contributed by atoms with van der Waals surface area (Å²) >= 11 is 3.01. The number of nitrogens with one attached hydrogen (secondary N) is 2. The number of nitrogens with two attached hydrogens (primary N) is 1. The fraction of sp³-hybridized carbons (Fsp3) is 0.174. The lowest BCUT2D eigenvalue weighted by atomic mass is 10.1. The largest absolute Gasteiger partial charge is 0.451 e. The number of thioether (sulfide) groups is 1. The summed E-state index contributed by atoms with van der Waals surface area (Å²) in [5.41, 5.74) is 7.67. The summed E-state index contributed by atoms with van der Waals surface area (Å²) < 4.78 is 6.72. The molecule has 0 saturated heterocycles. The molecule has 2 heterocycles. The highest BCUT2D eigenvalue weighted by Crippen LogP contribution is 2.33. The lowest BCUT2D eigenvalue weighted by molar-refractivity contribution is -0.117. The van der Waals surface area contributed by atoms with Gasteiger partial charge in [0.25, 0.3) is 11.8 Å². The molecule has 0 saturated carbocycles. The normalized spacial score (nSPS) is 10.9. The number of benzene rings is 2. The van der Waals surface area contributed by atoms with Crippen LogP contribution in [0.3, 0.4) is 0 Å². The van der Waals surface area contributed by atoms with Gasteiger partial charge in [-0.3, -0.25) is 14.4 Å². The van der Waals surface area contributed by atoms with Crippen molar-refractivity contribution in [3.8, 4) is 0 Å². The lowest BCUT2D eigenvalue weighted by Crippen LogP contribution is -2.33. The molecule has 0 radical (unpaired) electrons. The molecule has 3 amide bonds. The van der Waals surface area contributed by atoms with E-state index in [1.54, 1.807) is 24.3 Å². The highest BCUT2D eigenvalue weighted by atomic mass is 32.2. The molecule has 11 heteroatoms. The summed E-state index contributed by atoms with van der Waals surface area (Å²) in [6.45, 7) is 1.92. The molecule has 0 fully saturated rings. The van der Waals surface area contributed by atoms with Crippen molar-refractivity contribution in [3.63, 3.8) is 0 Å². The molecular formula is C23H21N5O4S2. The van der Waals surface area contributed by atoms with E-state index in [4.69, 9.17) is 10.2 Å². The fourth-order valence-corrected chi connectivity index (χ4v) is 5.05. The van der Waals surface area contributed by atoms with E-state index < -0.39 is 11.8 Å². The third kappa shape index (κ3) is 5.61. The summed E-state index contributed by atoms with van der Waals surface area (Å²) in [5, 5.41) is 15.2. The Kier molecular flexibility index (Phi) is 7.24. The van der Waals surface area contributed by atoms with Crippen molar-refractivity contribution in [1.29, 1.82) is 0 Å². The van der Waals surface area contributed by atoms with E-state index in [0.29, 0.717) is 16.9 Å². The molecule has 4 aromatic rings. The number of amides is 3. The molecule has 4 rings (SSSR count). The molecule has 2 aromatic carbocycles. The Morgan fingerprint density at radius 1 is 1.03 bits per heavy atom. The van der Waals surface area contributed by atoms with Crippen molar-refractivity contribution in [2.75, 3.05) is 6.54 Å². The maximum atomic E-state index is 13.0. The number of fused-ring (bicyclic) bond motifs is 1. The molecule has 174 valence electrons. The molecule has 0 aliphatic heterocycles. The van der Waals surface area contributed by atoms with E-state index in [2.05, 4.69) is 20.8 Å². The molecular weight excluding hydrogens is 474 g/mol. The molecule has 34 heavy (non-hydrogen) atoms. The molecule has 0 spiro atoms. The Balaban J connectivity index is 1.44. The Morgan fingerprint density at radius 2 is 1.79 bits per heavy atom. The number of rotatable bonds is 9. The van der Waals surface area contributed by atoms with Crippen LogP contribution in [0.25, 0.3) is 11.0 Å². The second-order valence-corrected chi connectivity index (χ2v) is 9.71. The molecule has 0 aliphatic carbocycles. The van der Waals surface area contributed by atoms with Crippen LogP contribution >= 0.6 is 23.1 Å². The highest BCUT2D eigenvalue weighted by molar-refractivity contribution is 8.00. The van der Waals surface area contributed by atoms with Gasteiger partial charge < -0.3 is 20.8 Å². The first-order valence-electron chi connectivity index (χ1n) is 10.3. The summed E-state index contributed by atoms with van der Waals surface area (Å²) in [7, 11) is 0. The van der Waals surface area contributed by atoms with Gasteiger partial charge in [-0.05, 0) is 30.7 Å². The van der Waals surface area contributed by atoms with Crippen LogP contribution in [0.5, 0.6) is 0 Å². The number of primary amides is 1. The maximum absolute atomic E-state index is 13.0. The Bertz CT molecular complexity index is 1350. The smallest absolute Gasteiger partial charge is 0.287 e. The average Bonchev–Trinajstić information content (AvgIpc) is 3.43. The second kappa shape index (κ2) is 10.5. The second-order valence-electron chi connectivity index (χ2n) is 7.31. The zero-order valence-corrected chi connectivity index (χ0v) is 19.8. The van der Waals surface area contributed by atoms with Gasteiger partial charge in [0.1, 0.15) is 10.6 Å². The van der Waals surface area contributed by atoms with Crippen molar-refractivity contribution < 1.29 is 18.8 Å². The first-order chi connectivity index (χ1) is 16.4. The van der Waals surface area contributed by atoms with Crippen molar-refractivity contribution in [2.24, 2.45) is 5.73 Å². The first-order valence-corrected chi connectivity index (χ1v) is 12.1. The predicted molar refractivity (Wildman–Crippen MR) is 130 cm³/mol. The Morgan fingerprint density at radius 3 is 2.50 bits per heavy atom. The quantitative estimate of drug-likeness (QED) is 0.303. The Labute approximate surface area is 203 Å². The predicted octanol–water partition coefficient (Wildman–Crippen LogP) is 3.03. The van der Waals surface area contributed by atoms with Crippen molar-refractivity contribution >= 4 is 51.8 Å². The van der Waals surface area contributed by atoms with Gasteiger partial charge in [0.2, 0.25) is 5.91 Å². The van der Waals surface area contributed by atoms with Crippen LogP contribution in [0.4, 0.5) is 0 Å². The maximum Gasteiger partial charge on any atom is 0.287 e. The summed E-state index contributed by atoms with van der Waals surface area (Å²) in [4.78, 5) is 35.8. The van der Waals surface area contributed by atoms with Gasteiger partial charge in [-0.1, -0.05) is 53.4 Å². The van der Waals surface area contributed by atoms with E-state index in [-0.39, 0.29) is 24.8 Å². The van der Waals surface area contributed by atoms with Crippen LogP contribution < -0.4 is 16.4 Å². The molecule has 0 atom stereocenters. The van der Waals surface area contributed by atoms with Gasteiger partial charge in [-0.15, -0.1) is 10.2 Å². The van der Waals surface area contributed by atoms with Crippen molar-refractivity contribution in [3.05, 3.63) is 76.0 Å². The van der Waals surface area contributed by atoms with Crippen LogP contribution in [-0.2, 0) is 17.1 Å². The molecule has 0 aliphatic rings. The van der Waals surface area contributed by atoms with E-state index in [1.807, 2.05) is 31.2 Å². The van der Waals surface area contributed by atoms with E-state index >= 15 is 0 Å². The number of aryl methyl sites for hydroxylation is 1. The van der Waals surface area contributed by atoms with Gasteiger partial charge in [0, 0.05) is 28.8 Å². The van der Waals surface area contributed by atoms with Gasteiger partial charge in [0.15, 0.2) is 10.1 Å². The molecule has 2 aromatic heterocycles. The highest BCUT2D eigenvalue weighted by Gasteiger charge is 2.21. The number of aromatic nitrogens is 2. The standard InChI is InChI=1S/C23H21N5O4S2/c1-13-27-28-23(34-13)33-12-17-16-4-2-3-5-18(16)32-20(17)22(31)25-10-14-6-8-15(9-7-14)21(30)26-11-19(24)29/h2-9H,10-12H2,1H3,(H2,24,29)(H,25,31)(H,26,30). The minimum atomic E-state index is -0.616. The molecule has 0 bridgehead atoms. The average molecular weight is 496 g/mol. The van der Waals surface area contributed by atoms with Gasteiger partial charge >= 0.3 is 0 Å². The summed E-state index contributed by atoms with van der Waals surface area (Å²) in [5.74, 6) is -0.566. The van der Waals surface area contributed by atoms with Gasteiger partial charge in [-0.2, -0.15) is 0 Å². The molecule has 4 N–H and O–H groups in total. The van der Waals surface area contributed by atoms with Gasteiger partial charge in [-0.25, -0.2) is 0 Å². The van der Waals surface area contributed by atoms with Crippen molar-refractivity contribution in [1.82, 2.24) is 20.8 Å². The minimum absolute atomic E-state index is 0.229. The van der Waals surface area contributed by atoms with Crippen molar-refractivity contribution in [2.45, 2.75) is 23.6 Å². The Hall–Kier alpha value is -3.70. The topological polar surface area (TPSA) is 140 Å². The summed E-state index contributed by atoms with van der Waals surface area (Å²) in [6, 6.07) is 14.2. The number of carbonyl (C=O) groups is 3. The monoisotopic (exact) mass is 495 g/mol.